The lowest BCUT2D eigenvalue weighted by Crippen LogP contribution is -2.43. The Bertz CT molecular complexity index is 478. The van der Waals surface area contributed by atoms with Gasteiger partial charge in [-0.15, -0.1) is 0 Å². The van der Waals surface area contributed by atoms with Crippen LogP contribution in [0.3, 0.4) is 0 Å². The summed E-state index contributed by atoms with van der Waals surface area (Å²) >= 11 is 1.33. The number of nitrogens with two attached hydrogens (primary N) is 1. The molecule has 2 heterocycles. The summed E-state index contributed by atoms with van der Waals surface area (Å²) in [5, 5.41) is 3.80. The largest absolute Gasteiger partial charge is 0.383 e. The number of piperidine rings is 1. The lowest BCUT2D eigenvalue weighted by Gasteiger charge is -2.34. The van der Waals surface area contributed by atoms with E-state index in [1.54, 1.807) is 7.11 Å². The van der Waals surface area contributed by atoms with Gasteiger partial charge < -0.3 is 20.7 Å². The molecule has 118 valence electrons. The maximum absolute atomic E-state index is 12.7. The molecule has 1 aromatic heterocycles. The van der Waals surface area contributed by atoms with E-state index in [0.29, 0.717) is 35.0 Å². The maximum Gasteiger partial charge on any atom is 0.268 e. The van der Waals surface area contributed by atoms with Gasteiger partial charge >= 0.3 is 0 Å². The number of hydrogen-bond donors (Lipinski definition) is 2. The zero-order valence-electron chi connectivity index (χ0n) is 12.7. The zero-order chi connectivity index (χ0) is 15.2. The van der Waals surface area contributed by atoms with Crippen molar-refractivity contribution in [3.05, 3.63) is 4.88 Å². The lowest BCUT2D eigenvalue weighted by atomic mass is 10.00. The Morgan fingerprint density at radius 2 is 2.38 bits per heavy atom. The van der Waals surface area contributed by atoms with Gasteiger partial charge in [0.2, 0.25) is 0 Å². The Morgan fingerprint density at radius 3 is 3.10 bits per heavy atom. The van der Waals surface area contributed by atoms with Crippen LogP contribution in [-0.4, -0.2) is 48.6 Å². The van der Waals surface area contributed by atoms with Crippen molar-refractivity contribution >= 4 is 28.2 Å². The van der Waals surface area contributed by atoms with Crippen molar-refractivity contribution in [1.82, 2.24) is 9.88 Å². The first kappa shape index (κ1) is 16.0. The molecule has 1 fully saturated rings. The van der Waals surface area contributed by atoms with Crippen LogP contribution in [-0.2, 0) is 4.74 Å². The van der Waals surface area contributed by atoms with Crippen LogP contribution in [0.5, 0.6) is 0 Å². The zero-order valence-corrected chi connectivity index (χ0v) is 13.5. The molecule has 0 bridgehead atoms. The van der Waals surface area contributed by atoms with E-state index < -0.39 is 0 Å². The minimum atomic E-state index is 0.0244. The van der Waals surface area contributed by atoms with E-state index in [4.69, 9.17) is 10.5 Å². The van der Waals surface area contributed by atoms with Gasteiger partial charge in [0.25, 0.3) is 5.91 Å². The number of aromatic nitrogens is 1. The highest BCUT2D eigenvalue weighted by atomic mass is 32.1. The normalized spacial score (nSPS) is 18.8. The summed E-state index contributed by atoms with van der Waals surface area (Å²) in [6.45, 7) is 4.19. The first-order chi connectivity index (χ1) is 10.2. The fourth-order valence-corrected chi connectivity index (χ4v) is 3.51. The molecule has 1 amide bonds. The number of anilines is 2. The Balaban J connectivity index is 2.07. The van der Waals surface area contributed by atoms with E-state index in [9.17, 15) is 4.79 Å². The van der Waals surface area contributed by atoms with E-state index >= 15 is 0 Å². The standard InChI is InChI=1S/C14H24N4O2S/c1-3-10-6-4-5-8-18(10)13(19)11-12(15)17-14(21-11)16-7-9-20-2/h10H,3-9,15H2,1-2H3,(H,16,17). The smallest absolute Gasteiger partial charge is 0.268 e. The van der Waals surface area contributed by atoms with Crippen LogP contribution in [0.25, 0.3) is 0 Å². The average molecular weight is 312 g/mol. The average Bonchev–Trinajstić information content (AvgIpc) is 2.87. The fraction of sp³-hybridized carbons (Fsp3) is 0.714. The SMILES string of the molecule is CCC1CCCCN1C(=O)c1sc(NCCOC)nc1N. The minimum Gasteiger partial charge on any atom is -0.383 e. The fourth-order valence-electron chi connectivity index (χ4n) is 2.64. The molecule has 0 saturated carbocycles. The second-order valence-corrected chi connectivity index (χ2v) is 6.21. The molecule has 21 heavy (non-hydrogen) atoms. The van der Waals surface area contributed by atoms with E-state index in [0.717, 1.165) is 25.8 Å². The summed E-state index contributed by atoms with van der Waals surface area (Å²) in [5.74, 6) is 0.349. The van der Waals surface area contributed by atoms with Crippen LogP contribution in [0, 0.1) is 0 Å². The summed E-state index contributed by atoms with van der Waals surface area (Å²) < 4.78 is 4.98. The molecule has 1 aliphatic rings. The van der Waals surface area contributed by atoms with Gasteiger partial charge in [-0.05, 0) is 25.7 Å². The van der Waals surface area contributed by atoms with Crippen molar-refractivity contribution in [2.75, 3.05) is 37.9 Å². The summed E-state index contributed by atoms with van der Waals surface area (Å²) in [6.07, 6.45) is 4.34. The molecule has 1 unspecified atom stereocenters. The summed E-state index contributed by atoms with van der Waals surface area (Å²) in [4.78, 5) is 19.4. The molecule has 0 aliphatic carbocycles. The third-order valence-electron chi connectivity index (χ3n) is 3.79. The van der Waals surface area contributed by atoms with E-state index in [1.165, 1.54) is 17.8 Å². The van der Waals surface area contributed by atoms with Gasteiger partial charge in [0, 0.05) is 26.2 Å². The number of thiazole rings is 1. The highest BCUT2D eigenvalue weighted by Gasteiger charge is 2.29. The highest BCUT2D eigenvalue weighted by molar-refractivity contribution is 7.18. The monoisotopic (exact) mass is 312 g/mol. The molecular weight excluding hydrogens is 288 g/mol. The Morgan fingerprint density at radius 1 is 1.57 bits per heavy atom. The van der Waals surface area contributed by atoms with Crippen molar-refractivity contribution in [3.8, 4) is 0 Å². The van der Waals surface area contributed by atoms with Crippen LogP contribution in [0.4, 0.5) is 10.9 Å². The van der Waals surface area contributed by atoms with Crippen LogP contribution >= 0.6 is 11.3 Å². The summed E-state index contributed by atoms with van der Waals surface area (Å²) in [7, 11) is 1.65. The third-order valence-corrected chi connectivity index (χ3v) is 4.81. The number of methoxy groups -OCH3 is 1. The number of nitrogen functional groups attached to an aromatic ring is 1. The predicted molar refractivity (Wildman–Crippen MR) is 85.9 cm³/mol. The second-order valence-electron chi connectivity index (χ2n) is 5.21. The van der Waals surface area contributed by atoms with E-state index in [1.807, 2.05) is 4.90 Å². The molecule has 1 saturated heterocycles. The third kappa shape index (κ3) is 3.85. The second kappa shape index (κ2) is 7.61. The summed E-state index contributed by atoms with van der Waals surface area (Å²) in [5.41, 5.74) is 5.92. The molecule has 0 aromatic carbocycles. The van der Waals surface area contributed by atoms with Crippen LogP contribution in [0.1, 0.15) is 42.3 Å². The topological polar surface area (TPSA) is 80.5 Å². The first-order valence-electron chi connectivity index (χ1n) is 7.47. The number of carbonyl (C=O) groups excluding carboxylic acids is 1. The minimum absolute atomic E-state index is 0.0244. The number of likely N-dealkylation sites (tertiary alicyclic amines) is 1. The van der Waals surface area contributed by atoms with Gasteiger partial charge in [0.15, 0.2) is 5.13 Å². The van der Waals surface area contributed by atoms with E-state index in [-0.39, 0.29) is 5.91 Å². The van der Waals surface area contributed by atoms with Crippen LogP contribution in [0.15, 0.2) is 0 Å². The number of ether oxygens (including phenoxy) is 1. The number of nitrogens with one attached hydrogen (secondary N) is 1. The van der Waals surface area contributed by atoms with Gasteiger partial charge in [-0.1, -0.05) is 18.3 Å². The molecule has 1 aliphatic heterocycles. The molecule has 7 heteroatoms. The number of hydrogen-bond acceptors (Lipinski definition) is 6. The molecule has 0 radical (unpaired) electrons. The molecule has 6 nitrogen and oxygen atoms in total. The van der Waals surface area contributed by atoms with Gasteiger partial charge in [-0.25, -0.2) is 4.98 Å². The Labute approximate surface area is 129 Å². The number of rotatable bonds is 6. The van der Waals surface area contributed by atoms with Gasteiger partial charge in [-0.2, -0.15) is 0 Å². The van der Waals surface area contributed by atoms with Crippen molar-refractivity contribution < 1.29 is 9.53 Å². The maximum atomic E-state index is 12.7. The van der Waals surface area contributed by atoms with Gasteiger partial charge in [0.05, 0.1) is 6.61 Å². The van der Waals surface area contributed by atoms with E-state index in [2.05, 4.69) is 17.2 Å². The molecule has 0 spiro atoms. The van der Waals surface area contributed by atoms with Crippen LogP contribution < -0.4 is 11.1 Å². The van der Waals surface area contributed by atoms with Crippen molar-refractivity contribution in [3.63, 3.8) is 0 Å². The van der Waals surface area contributed by atoms with Crippen molar-refractivity contribution in [2.24, 2.45) is 0 Å². The lowest BCUT2D eigenvalue weighted by molar-refractivity contribution is 0.0614. The predicted octanol–water partition coefficient (Wildman–Crippen LogP) is 2.19. The Kier molecular flexibility index (Phi) is 5.81. The molecular formula is C14H24N4O2S. The molecule has 3 N–H and O–H groups in total. The number of carbonyl (C=O) groups is 1. The molecule has 2 rings (SSSR count). The van der Waals surface area contributed by atoms with Gasteiger partial charge in [-0.3, -0.25) is 4.79 Å². The highest BCUT2D eigenvalue weighted by Crippen LogP contribution is 2.29. The number of nitrogens with zero attached hydrogens (tertiary/aromatic N) is 2. The first-order valence-corrected chi connectivity index (χ1v) is 8.29. The number of amides is 1. The van der Waals surface area contributed by atoms with Crippen molar-refractivity contribution in [2.45, 2.75) is 38.6 Å². The summed E-state index contributed by atoms with van der Waals surface area (Å²) in [6, 6.07) is 0.331. The van der Waals surface area contributed by atoms with Crippen LogP contribution in [0.2, 0.25) is 0 Å². The van der Waals surface area contributed by atoms with Crippen molar-refractivity contribution in [1.29, 1.82) is 0 Å². The Hall–Kier alpha value is -1.34. The molecule has 1 atom stereocenters. The molecule has 1 aromatic rings. The quantitative estimate of drug-likeness (QED) is 0.787. The van der Waals surface area contributed by atoms with Gasteiger partial charge in [0.1, 0.15) is 10.7 Å².